The molecule has 0 aromatic heterocycles. The lowest BCUT2D eigenvalue weighted by Crippen LogP contribution is -2.39. The van der Waals surface area contributed by atoms with Crippen molar-refractivity contribution in [1.29, 1.82) is 0 Å². The second-order valence-electron chi connectivity index (χ2n) is 5.95. The quantitative estimate of drug-likeness (QED) is 0.779. The number of hydrogen-bond acceptors (Lipinski definition) is 3. The lowest BCUT2D eigenvalue weighted by Gasteiger charge is -2.22. The molecule has 0 spiro atoms. The van der Waals surface area contributed by atoms with Gasteiger partial charge < -0.3 is 15.2 Å². The van der Waals surface area contributed by atoms with Gasteiger partial charge in [0.1, 0.15) is 5.60 Å². The van der Waals surface area contributed by atoms with E-state index < -0.39 is 23.1 Å². The van der Waals surface area contributed by atoms with Crippen LogP contribution >= 0.6 is 0 Å². The molecular formula is C12H21NO4. The Hall–Kier alpha value is -1.26. The Morgan fingerprint density at radius 2 is 2.00 bits per heavy atom. The van der Waals surface area contributed by atoms with Gasteiger partial charge in [-0.1, -0.05) is 0 Å². The highest BCUT2D eigenvalue weighted by Crippen LogP contribution is 2.38. The molecule has 0 radical (unpaired) electrons. The van der Waals surface area contributed by atoms with Gasteiger partial charge in [0.05, 0.1) is 5.41 Å². The molecule has 1 fully saturated rings. The molecule has 0 aliphatic heterocycles. The van der Waals surface area contributed by atoms with E-state index >= 15 is 0 Å². The lowest BCUT2D eigenvalue weighted by atomic mass is 9.89. The second-order valence-corrected chi connectivity index (χ2v) is 5.95. The molecule has 1 saturated carbocycles. The predicted molar refractivity (Wildman–Crippen MR) is 62.8 cm³/mol. The van der Waals surface area contributed by atoms with E-state index in [1.165, 1.54) is 0 Å². The van der Waals surface area contributed by atoms with Crippen molar-refractivity contribution in [3.63, 3.8) is 0 Å². The summed E-state index contributed by atoms with van der Waals surface area (Å²) in [5.74, 6) is -0.800. The van der Waals surface area contributed by atoms with Crippen molar-refractivity contribution in [1.82, 2.24) is 5.32 Å². The molecule has 0 saturated heterocycles. The van der Waals surface area contributed by atoms with Gasteiger partial charge in [0.2, 0.25) is 0 Å². The molecule has 1 aliphatic rings. The molecule has 1 aliphatic carbocycles. The van der Waals surface area contributed by atoms with Crippen molar-refractivity contribution in [3.05, 3.63) is 0 Å². The highest BCUT2D eigenvalue weighted by Gasteiger charge is 2.42. The van der Waals surface area contributed by atoms with Crippen LogP contribution in [0.15, 0.2) is 0 Å². The monoisotopic (exact) mass is 243 g/mol. The van der Waals surface area contributed by atoms with Crippen LogP contribution in [0.25, 0.3) is 0 Å². The zero-order valence-electron chi connectivity index (χ0n) is 10.9. The van der Waals surface area contributed by atoms with Crippen molar-refractivity contribution >= 4 is 12.1 Å². The Balaban J connectivity index is 2.46. The minimum absolute atomic E-state index is 0.106. The number of ether oxygens (including phenoxy) is 1. The molecule has 2 atom stereocenters. The summed E-state index contributed by atoms with van der Waals surface area (Å²) < 4.78 is 5.13. The van der Waals surface area contributed by atoms with Crippen molar-refractivity contribution < 1.29 is 19.4 Å². The number of carboxylic acids is 1. The summed E-state index contributed by atoms with van der Waals surface area (Å²) in [6.45, 7) is 7.10. The first-order chi connectivity index (χ1) is 7.62. The van der Waals surface area contributed by atoms with Gasteiger partial charge in [-0.3, -0.25) is 4.79 Å². The van der Waals surface area contributed by atoms with Gasteiger partial charge in [-0.15, -0.1) is 0 Å². The third-order valence-corrected chi connectivity index (χ3v) is 2.98. The summed E-state index contributed by atoms with van der Waals surface area (Å²) in [5.41, 5.74) is -1.25. The largest absolute Gasteiger partial charge is 0.481 e. The molecule has 98 valence electrons. The van der Waals surface area contributed by atoms with Gasteiger partial charge in [0, 0.05) is 6.04 Å². The van der Waals surface area contributed by atoms with Crippen LogP contribution in [0.5, 0.6) is 0 Å². The van der Waals surface area contributed by atoms with E-state index in [4.69, 9.17) is 9.84 Å². The molecule has 5 nitrogen and oxygen atoms in total. The number of hydrogen-bond donors (Lipinski definition) is 2. The van der Waals surface area contributed by atoms with Crippen LogP contribution in [-0.2, 0) is 9.53 Å². The fraction of sp³-hybridized carbons (Fsp3) is 0.833. The maximum atomic E-state index is 11.5. The number of carboxylic acid groups (broad SMARTS) is 1. The summed E-state index contributed by atoms with van der Waals surface area (Å²) in [5, 5.41) is 11.8. The molecule has 0 aromatic rings. The third-order valence-electron chi connectivity index (χ3n) is 2.98. The van der Waals surface area contributed by atoms with Crippen LogP contribution < -0.4 is 5.32 Å². The number of alkyl carbamates (subject to hydrolysis) is 1. The van der Waals surface area contributed by atoms with Gasteiger partial charge in [0.15, 0.2) is 0 Å². The minimum Gasteiger partial charge on any atom is -0.481 e. The van der Waals surface area contributed by atoms with E-state index in [9.17, 15) is 9.59 Å². The summed E-state index contributed by atoms with van der Waals surface area (Å²) >= 11 is 0. The predicted octanol–water partition coefficient (Wildman–Crippen LogP) is 2.15. The van der Waals surface area contributed by atoms with Crippen LogP contribution in [0, 0.1) is 5.41 Å². The zero-order valence-corrected chi connectivity index (χ0v) is 10.9. The summed E-state index contributed by atoms with van der Waals surface area (Å²) in [6, 6.07) is -0.106. The van der Waals surface area contributed by atoms with Gasteiger partial charge in [0.25, 0.3) is 0 Å². The van der Waals surface area contributed by atoms with Crippen molar-refractivity contribution in [2.75, 3.05) is 0 Å². The SMILES string of the molecule is CC(C)(C)OC(=O)N[C@@H]1CC[C@@](C)(C(=O)O)C1. The first-order valence-corrected chi connectivity index (χ1v) is 5.85. The molecule has 0 unspecified atom stereocenters. The number of carbonyl (C=O) groups is 2. The van der Waals surface area contributed by atoms with Gasteiger partial charge in [-0.25, -0.2) is 4.79 Å². The van der Waals surface area contributed by atoms with E-state index in [1.54, 1.807) is 27.7 Å². The second kappa shape index (κ2) is 4.55. The van der Waals surface area contributed by atoms with Crippen LogP contribution in [0.4, 0.5) is 4.79 Å². The standard InChI is InChI=1S/C12H21NO4/c1-11(2,3)17-10(16)13-8-5-6-12(4,7-8)9(14)15/h8H,5-7H2,1-4H3,(H,13,16)(H,14,15)/t8-,12-/m1/s1. The van der Waals surface area contributed by atoms with E-state index in [2.05, 4.69) is 5.32 Å². The molecule has 0 heterocycles. The zero-order chi connectivity index (χ0) is 13.3. The number of carbonyl (C=O) groups excluding carboxylic acids is 1. The summed E-state index contributed by atoms with van der Waals surface area (Å²) in [7, 11) is 0. The Labute approximate surface area is 102 Å². The Morgan fingerprint density at radius 3 is 2.41 bits per heavy atom. The van der Waals surface area contributed by atoms with Crippen LogP contribution in [0.1, 0.15) is 47.0 Å². The van der Waals surface area contributed by atoms with E-state index in [0.717, 1.165) is 0 Å². The average molecular weight is 243 g/mol. The van der Waals surface area contributed by atoms with E-state index in [-0.39, 0.29) is 6.04 Å². The topological polar surface area (TPSA) is 75.6 Å². The first kappa shape index (κ1) is 13.8. The molecule has 1 amide bonds. The van der Waals surface area contributed by atoms with Gasteiger partial charge >= 0.3 is 12.1 Å². The third kappa shape index (κ3) is 3.91. The highest BCUT2D eigenvalue weighted by atomic mass is 16.6. The Morgan fingerprint density at radius 1 is 1.41 bits per heavy atom. The summed E-state index contributed by atoms with van der Waals surface area (Å²) in [4.78, 5) is 22.6. The fourth-order valence-corrected chi connectivity index (χ4v) is 2.03. The van der Waals surface area contributed by atoms with E-state index in [0.29, 0.717) is 19.3 Å². The maximum absolute atomic E-state index is 11.5. The first-order valence-electron chi connectivity index (χ1n) is 5.85. The average Bonchev–Trinajstić information content (AvgIpc) is 2.45. The van der Waals surface area contributed by atoms with Crippen molar-refractivity contribution in [2.45, 2.75) is 58.6 Å². The van der Waals surface area contributed by atoms with Gasteiger partial charge in [-0.05, 0) is 47.0 Å². The molecule has 5 heteroatoms. The lowest BCUT2D eigenvalue weighted by molar-refractivity contribution is -0.147. The van der Waals surface area contributed by atoms with Crippen LogP contribution in [0.3, 0.4) is 0 Å². The number of rotatable bonds is 2. The molecule has 0 aromatic carbocycles. The number of aliphatic carboxylic acids is 1. The Bertz CT molecular complexity index is 321. The maximum Gasteiger partial charge on any atom is 0.407 e. The molecule has 17 heavy (non-hydrogen) atoms. The number of amides is 1. The fourth-order valence-electron chi connectivity index (χ4n) is 2.03. The van der Waals surface area contributed by atoms with Crippen LogP contribution in [-0.4, -0.2) is 28.8 Å². The van der Waals surface area contributed by atoms with Crippen molar-refractivity contribution in [3.8, 4) is 0 Å². The molecule has 1 rings (SSSR count). The number of nitrogens with one attached hydrogen (secondary N) is 1. The summed E-state index contributed by atoms with van der Waals surface area (Å²) in [6.07, 6.45) is 1.25. The molecule has 2 N–H and O–H groups in total. The molecular weight excluding hydrogens is 222 g/mol. The smallest absolute Gasteiger partial charge is 0.407 e. The van der Waals surface area contributed by atoms with Crippen molar-refractivity contribution in [2.24, 2.45) is 5.41 Å². The highest BCUT2D eigenvalue weighted by molar-refractivity contribution is 5.75. The Kier molecular flexibility index (Phi) is 3.69. The van der Waals surface area contributed by atoms with Gasteiger partial charge in [-0.2, -0.15) is 0 Å². The normalized spacial score (nSPS) is 28.8. The van der Waals surface area contributed by atoms with Crippen LogP contribution in [0.2, 0.25) is 0 Å². The minimum atomic E-state index is -0.800. The van der Waals surface area contributed by atoms with E-state index in [1.807, 2.05) is 0 Å². The molecule has 0 bridgehead atoms.